The third kappa shape index (κ3) is 4.69. The summed E-state index contributed by atoms with van der Waals surface area (Å²) in [4.78, 5) is 5.52. The van der Waals surface area contributed by atoms with Crippen molar-refractivity contribution >= 4 is 43.4 Å². The van der Waals surface area contributed by atoms with Gasteiger partial charge in [0.05, 0.1) is 23.7 Å². The summed E-state index contributed by atoms with van der Waals surface area (Å²) in [6.45, 7) is 4.44. The normalized spacial score (nSPS) is 11.6. The van der Waals surface area contributed by atoms with E-state index in [1.165, 1.54) is 60.7 Å². The second kappa shape index (κ2) is 11.7. The average molecular weight is 645 g/mol. The molecule has 50 heavy (non-hydrogen) atoms. The number of hydrogen-bond donors (Lipinski definition) is 0. The summed E-state index contributed by atoms with van der Waals surface area (Å²) >= 11 is 0. The molecule has 0 aliphatic rings. The molecular formula is C47H36N2O. The van der Waals surface area contributed by atoms with E-state index in [1.807, 2.05) is 0 Å². The van der Waals surface area contributed by atoms with E-state index >= 15 is 0 Å². The van der Waals surface area contributed by atoms with Crippen molar-refractivity contribution in [3.8, 4) is 50.5 Å². The van der Waals surface area contributed by atoms with Gasteiger partial charge in [0.2, 0.25) is 0 Å². The second-order valence-corrected chi connectivity index (χ2v) is 13.3. The van der Waals surface area contributed by atoms with E-state index in [-0.39, 0.29) is 0 Å². The van der Waals surface area contributed by atoms with Crippen LogP contribution in [0.15, 0.2) is 146 Å². The van der Waals surface area contributed by atoms with Gasteiger partial charge in [0.25, 0.3) is 0 Å². The number of nitrogens with zero attached hydrogens (tertiary/aromatic N) is 2. The number of methoxy groups -OCH3 is 1. The molecule has 0 aliphatic heterocycles. The monoisotopic (exact) mass is 644 g/mol. The fourth-order valence-corrected chi connectivity index (χ4v) is 7.85. The highest BCUT2D eigenvalue weighted by molar-refractivity contribution is 6.25. The lowest BCUT2D eigenvalue weighted by Crippen LogP contribution is -1.97. The molecule has 1 heterocycles. The Morgan fingerprint density at radius 1 is 0.500 bits per heavy atom. The Bertz CT molecular complexity index is 2760. The Hall–Kier alpha value is -6.19. The van der Waals surface area contributed by atoms with Crippen molar-refractivity contribution in [2.45, 2.75) is 13.8 Å². The van der Waals surface area contributed by atoms with E-state index in [0.717, 1.165) is 44.3 Å². The fraction of sp³-hybridized carbons (Fsp3) is 0.0851. The molecule has 240 valence electrons. The third-order valence-electron chi connectivity index (χ3n) is 10.3. The number of fused-ring (bicyclic) bond motifs is 7. The zero-order chi connectivity index (χ0) is 33.9. The van der Waals surface area contributed by atoms with Gasteiger partial charge in [0, 0.05) is 17.8 Å². The molecule has 0 fully saturated rings. The average Bonchev–Trinajstić information content (AvgIpc) is 3.52. The first-order chi connectivity index (χ1) is 24.5. The molecule has 0 N–H and O–H groups in total. The molecule has 0 amide bonds. The highest BCUT2D eigenvalue weighted by Gasteiger charge is 2.22. The van der Waals surface area contributed by atoms with Crippen LogP contribution in [0.3, 0.4) is 0 Å². The lowest BCUT2D eigenvalue weighted by Gasteiger charge is -2.15. The highest BCUT2D eigenvalue weighted by atomic mass is 16.5. The van der Waals surface area contributed by atoms with Crippen molar-refractivity contribution in [3.63, 3.8) is 0 Å². The molecule has 1 aromatic heterocycles. The quantitative estimate of drug-likeness (QED) is 0.174. The molecule has 0 atom stereocenters. The Kier molecular flexibility index (Phi) is 7.03. The van der Waals surface area contributed by atoms with Gasteiger partial charge >= 0.3 is 0 Å². The topological polar surface area (TPSA) is 27.1 Å². The van der Waals surface area contributed by atoms with Crippen LogP contribution in [0.4, 0.5) is 0 Å². The predicted molar refractivity (Wildman–Crippen MR) is 211 cm³/mol. The van der Waals surface area contributed by atoms with Crippen LogP contribution in [0.25, 0.3) is 88.1 Å². The van der Waals surface area contributed by atoms with Gasteiger partial charge < -0.3 is 9.30 Å². The summed E-state index contributed by atoms with van der Waals surface area (Å²) in [6, 6.07) is 52.4. The molecule has 3 heteroatoms. The SMILES string of the molecule is COc1ccc2ccccc2c1-c1nc2c3cc(-c4ccccc4)ccc3c3ccc(-c4cc(C)c(-c5ccccc5)cc4C)cc3c2n1C. The van der Waals surface area contributed by atoms with Crippen LogP contribution in [0.5, 0.6) is 5.75 Å². The summed E-state index contributed by atoms with van der Waals surface area (Å²) in [5, 5.41) is 7.01. The number of aryl methyl sites for hydroxylation is 3. The van der Waals surface area contributed by atoms with Crippen molar-refractivity contribution < 1.29 is 4.74 Å². The maximum Gasteiger partial charge on any atom is 0.145 e. The van der Waals surface area contributed by atoms with Crippen LogP contribution >= 0.6 is 0 Å². The number of aromatic nitrogens is 2. The second-order valence-electron chi connectivity index (χ2n) is 13.3. The molecule has 0 spiro atoms. The van der Waals surface area contributed by atoms with Crippen LogP contribution in [0.2, 0.25) is 0 Å². The van der Waals surface area contributed by atoms with Gasteiger partial charge in [0.15, 0.2) is 0 Å². The largest absolute Gasteiger partial charge is 0.496 e. The van der Waals surface area contributed by atoms with Crippen LogP contribution in [-0.2, 0) is 7.05 Å². The van der Waals surface area contributed by atoms with E-state index in [1.54, 1.807) is 7.11 Å². The van der Waals surface area contributed by atoms with Crippen LogP contribution in [0, 0.1) is 13.8 Å². The van der Waals surface area contributed by atoms with Gasteiger partial charge in [-0.1, -0.05) is 127 Å². The van der Waals surface area contributed by atoms with E-state index in [0.29, 0.717) is 0 Å². The van der Waals surface area contributed by atoms with Gasteiger partial charge in [-0.15, -0.1) is 0 Å². The molecule has 0 saturated carbocycles. The Morgan fingerprint density at radius 2 is 1.10 bits per heavy atom. The maximum absolute atomic E-state index is 6.00. The zero-order valence-electron chi connectivity index (χ0n) is 28.7. The summed E-state index contributed by atoms with van der Waals surface area (Å²) in [5.41, 5.74) is 12.9. The van der Waals surface area contributed by atoms with Crippen molar-refractivity contribution in [2.75, 3.05) is 7.11 Å². The summed E-state index contributed by atoms with van der Waals surface area (Å²) in [6.07, 6.45) is 0. The van der Waals surface area contributed by atoms with Gasteiger partial charge in [-0.05, 0) is 98.1 Å². The molecule has 0 aliphatic carbocycles. The molecule has 0 unspecified atom stereocenters. The van der Waals surface area contributed by atoms with Crippen molar-refractivity contribution in [1.82, 2.24) is 9.55 Å². The molecular weight excluding hydrogens is 609 g/mol. The first-order valence-corrected chi connectivity index (χ1v) is 17.1. The van der Waals surface area contributed by atoms with Crippen LogP contribution < -0.4 is 4.74 Å². The highest BCUT2D eigenvalue weighted by Crippen LogP contribution is 2.44. The summed E-state index contributed by atoms with van der Waals surface area (Å²) < 4.78 is 8.28. The van der Waals surface area contributed by atoms with Crippen molar-refractivity contribution in [2.24, 2.45) is 7.05 Å². The summed E-state index contributed by atoms with van der Waals surface area (Å²) in [7, 11) is 3.89. The Morgan fingerprint density at radius 3 is 1.82 bits per heavy atom. The minimum absolute atomic E-state index is 0.811. The smallest absolute Gasteiger partial charge is 0.145 e. The molecule has 9 aromatic rings. The Balaban J connectivity index is 1.35. The number of hydrogen-bond acceptors (Lipinski definition) is 2. The first kappa shape index (κ1) is 29.9. The van der Waals surface area contributed by atoms with Gasteiger partial charge in [-0.2, -0.15) is 0 Å². The minimum atomic E-state index is 0.811. The number of benzene rings is 8. The van der Waals surface area contributed by atoms with Gasteiger partial charge in [-0.25, -0.2) is 4.98 Å². The molecule has 0 saturated heterocycles. The Labute approximate surface area is 292 Å². The van der Waals surface area contributed by atoms with E-state index in [9.17, 15) is 0 Å². The lowest BCUT2D eigenvalue weighted by atomic mass is 9.90. The zero-order valence-corrected chi connectivity index (χ0v) is 28.7. The van der Waals surface area contributed by atoms with E-state index in [4.69, 9.17) is 9.72 Å². The molecule has 0 radical (unpaired) electrons. The van der Waals surface area contributed by atoms with Crippen LogP contribution in [-0.4, -0.2) is 16.7 Å². The van der Waals surface area contributed by atoms with E-state index < -0.39 is 0 Å². The van der Waals surface area contributed by atoms with Gasteiger partial charge in [0.1, 0.15) is 11.6 Å². The third-order valence-corrected chi connectivity index (χ3v) is 10.3. The molecule has 3 nitrogen and oxygen atoms in total. The van der Waals surface area contributed by atoms with Gasteiger partial charge in [-0.3, -0.25) is 0 Å². The van der Waals surface area contributed by atoms with Crippen molar-refractivity contribution in [3.05, 3.63) is 157 Å². The van der Waals surface area contributed by atoms with Crippen LogP contribution in [0.1, 0.15) is 11.1 Å². The molecule has 9 rings (SSSR count). The molecule has 0 bridgehead atoms. The number of ether oxygens (including phenoxy) is 1. The predicted octanol–water partition coefficient (Wildman–Crippen LogP) is 12.3. The van der Waals surface area contributed by atoms with Crippen molar-refractivity contribution in [1.29, 1.82) is 0 Å². The fourth-order valence-electron chi connectivity index (χ4n) is 7.85. The first-order valence-electron chi connectivity index (χ1n) is 17.1. The standard InChI is InChI=1S/C47H36N2O/c1-29-26-40(30(2)25-39(29)32-15-9-6-10-16-32)35-20-23-38-37-22-19-34(31-13-7-5-8-14-31)27-41(37)45-46(42(38)28-35)49(3)47(48-45)44-36-18-12-11-17-33(36)21-24-43(44)50-4/h5-28H,1-4H3. The van der Waals surface area contributed by atoms with E-state index in [2.05, 4.69) is 171 Å². The summed E-state index contributed by atoms with van der Waals surface area (Å²) in [5.74, 6) is 1.70. The molecule has 8 aromatic carbocycles. The maximum atomic E-state index is 6.00. The number of imidazole rings is 1. The minimum Gasteiger partial charge on any atom is -0.496 e. The number of rotatable bonds is 5. The lowest BCUT2D eigenvalue weighted by molar-refractivity contribution is 0.416.